The van der Waals surface area contributed by atoms with E-state index in [1.807, 2.05) is 6.92 Å². The second-order valence-electron chi connectivity index (χ2n) is 5.59. The van der Waals surface area contributed by atoms with Crippen LogP contribution in [0, 0.1) is 12.3 Å². The van der Waals surface area contributed by atoms with Gasteiger partial charge in [0.15, 0.2) is 0 Å². The third kappa shape index (κ3) is 3.77. The Labute approximate surface area is 131 Å². The lowest BCUT2D eigenvalue weighted by molar-refractivity contribution is 0.309. The first-order valence-corrected chi connectivity index (χ1v) is 8.09. The summed E-state index contributed by atoms with van der Waals surface area (Å²) >= 11 is 3.54. The summed E-state index contributed by atoms with van der Waals surface area (Å²) in [6.45, 7) is 4.18. The third-order valence-electron chi connectivity index (χ3n) is 4.07. The Bertz CT molecular complexity index is 490. The minimum absolute atomic E-state index is 0.650. The van der Waals surface area contributed by atoms with Crippen LogP contribution in [0.5, 0.6) is 0 Å². The van der Waals surface area contributed by atoms with Crippen LogP contribution in [0.25, 0.3) is 0 Å². The molecule has 0 aromatic heterocycles. The van der Waals surface area contributed by atoms with Crippen LogP contribution in [-0.4, -0.2) is 31.1 Å². The molecule has 0 amide bonds. The summed E-state index contributed by atoms with van der Waals surface area (Å²) in [5.74, 6) is 2.81. The number of halogens is 1. The van der Waals surface area contributed by atoms with Gasteiger partial charge in [0.1, 0.15) is 0 Å². The summed E-state index contributed by atoms with van der Waals surface area (Å²) < 4.78 is 1.11. The Balaban J connectivity index is 2.29. The van der Waals surface area contributed by atoms with Crippen LogP contribution < -0.4 is 5.32 Å². The first-order chi connectivity index (χ1) is 9.61. The number of nitrogens with one attached hydrogen (secondary N) is 1. The van der Waals surface area contributed by atoms with Gasteiger partial charge in [0.05, 0.1) is 5.70 Å². The molecule has 1 N–H and O–H groups in total. The Hall–Kier alpha value is -0.980. The Morgan fingerprint density at radius 3 is 3.05 bits per heavy atom. The normalized spacial score (nSPS) is 25.0. The second kappa shape index (κ2) is 7.15. The number of hydrogen-bond donors (Lipinski definition) is 1. The van der Waals surface area contributed by atoms with Gasteiger partial charge in [0.25, 0.3) is 0 Å². The van der Waals surface area contributed by atoms with Gasteiger partial charge in [-0.15, -0.1) is 6.42 Å². The fourth-order valence-corrected chi connectivity index (χ4v) is 3.22. The van der Waals surface area contributed by atoms with Gasteiger partial charge in [0, 0.05) is 18.2 Å². The van der Waals surface area contributed by atoms with Crippen molar-refractivity contribution in [2.45, 2.75) is 38.6 Å². The molecule has 20 heavy (non-hydrogen) atoms. The second-order valence-corrected chi connectivity index (χ2v) is 6.84. The largest absolute Gasteiger partial charge is 0.377 e. The predicted molar refractivity (Wildman–Crippen MR) is 89.5 cm³/mol. The van der Waals surface area contributed by atoms with Crippen LogP contribution in [0.3, 0.4) is 0 Å². The Kier molecular flexibility index (Phi) is 5.51. The van der Waals surface area contributed by atoms with Gasteiger partial charge in [-0.2, -0.15) is 0 Å². The molecule has 0 aliphatic carbocycles. The molecule has 0 aromatic carbocycles. The molecular weight excluding hydrogens is 312 g/mol. The fraction of sp³-hybridized carbons (Fsp3) is 0.529. The van der Waals surface area contributed by atoms with Crippen LogP contribution in [-0.2, 0) is 0 Å². The molecule has 1 fully saturated rings. The van der Waals surface area contributed by atoms with Crippen molar-refractivity contribution in [1.82, 2.24) is 10.2 Å². The molecule has 2 aliphatic heterocycles. The van der Waals surface area contributed by atoms with Crippen molar-refractivity contribution in [3.8, 4) is 12.3 Å². The first-order valence-electron chi connectivity index (χ1n) is 7.30. The van der Waals surface area contributed by atoms with Gasteiger partial charge < -0.3 is 10.2 Å². The summed E-state index contributed by atoms with van der Waals surface area (Å²) in [6, 6.07) is 0.650. The summed E-state index contributed by atoms with van der Waals surface area (Å²) in [4.78, 5) is 2.47. The third-order valence-corrected chi connectivity index (χ3v) is 4.30. The molecule has 0 bridgehead atoms. The quantitative estimate of drug-likeness (QED) is 0.793. The van der Waals surface area contributed by atoms with E-state index in [0.29, 0.717) is 6.04 Å². The predicted octanol–water partition coefficient (Wildman–Crippen LogP) is 3.58. The molecule has 2 rings (SSSR count). The van der Waals surface area contributed by atoms with Crippen LogP contribution in [0.2, 0.25) is 0 Å². The van der Waals surface area contributed by atoms with Crippen molar-refractivity contribution in [3.63, 3.8) is 0 Å². The van der Waals surface area contributed by atoms with E-state index in [-0.39, 0.29) is 0 Å². The van der Waals surface area contributed by atoms with Crippen molar-refractivity contribution in [2.75, 3.05) is 20.1 Å². The van der Waals surface area contributed by atoms with E-state index < -0.39 is 0 Å². The number of allylic oxidation sites excluding steroid dienone is 4. The molecule has 1 saturated heterocycles. The highest BCUT2D eigenvalue weighted by atomic mass is 79.9. The van der Waals surface area contributed by atoms with Gasteiger partial charge in [-0.3, -0.25) is 0 Å². The van der Waals surface area contributed by atoms with Crippen LogP contribution >= 0.6 is 15.9 Å². The van der Waals surface area contributed by atoms with Crippen molar-refractivity contribution in [2.24, 2.45) is 0 Å². The van der Waals surface area contributed by atoms with Crippen LogP contribution in [0.15, 0.2) is 33.5 Å². The molecule has 0 spiro atoms. The van der Waals surface area contributed by atoms with Crippen molar-refractivity contribution < 1.29 is 0 Å². The standard InChI is InChI=1S/C17H23BrN2/c1-4-17-16(11-13(2)18)14(7-5-9-19-17)12-15-8-6-10-20(15)3/h1,7,11,15,19H,5-6,8-10,12H2,2-3H3/b13-11+/t15-/m1/s1. The Morgan fingerprint density at radius 1 is 1.65 bits per heavy atom. The van der Waals surface area contributed by atoms with E-state index in [1.165, 1.54) is 30.5 Å². The lowest BCUT2D eigenvalue weighted by Gasteiger charge is -2.21. The zero-order valence-electron chi connectivity index (χ0n) is 12.4. The van der Waals surface area contributed by atoms with Crippen LogP contribution in [0.1, 0.15) is 32.6 Å². The van der Waals surface area contributed by atoms with Crippen LogP contribution in [0.4, 0.5) is 0 Å². The minimum atomic E-state index is 0.650. The van der Waals surface area contributed by atoms with E-state index in [2.05, 4.69) is 51.3 Å². The van der Waals surface area contributed by atoms with Crippen molar-refractivity contribution in [1.29, 1.82) is 0 Å². The van der Waals surface area contributed by atoms with E-state index in [9.17, 15) is 0 Å². The first kappa shape index (κ1) is 15.4. The molecular formula is C17H23BrN2. The number of rotatable bonds is 3. The highest BCUT2D eigenvalue weighted by Crippen LogP contribution is 2.29. The molecule has 108 valence electrons. The maximum absolute atomic E-state index is 5.68. The van der Waals surface area contributed by atoms with Crippen molar-refractivity contribution >= 4 is 15.9 Å². The smallest absolute Gasteiger partial charge is 0.0927 e. The maximum Gasteiger partial charge on any atom is 0.0927 e. The topological polar surface area (TPSA) is 15.3 Å². The minimum Gasteiger partial charge on any atom is -0.377 e. The molecule has 0 saturated carbocycles. The lowest BCUT2D eigenvalue weighted by Crippen LogP contribution is -2.25. The summed E-state index contributed by atoms with van der Waals surface area (Å²) in [5.41, 5.74) is 3.49. The highest BCUT2D eigenvalue weighted by Gasteiger charge is 2.23. The van der Waals surface area contributed by atoms with Gasteiger partial charge >= 0.3 is 0 Å². The summed E-state index contributed by atoms with van der Waals surface area (Å²) in [6.07, 6.45) is 14.9. The molecule has 2 nitrogen and oxygen atoms in total. The molecule has 3 heteroatoms. The monoisotopic (exact) mass is 334 g/mol. The average molecular weight is 335 g/mol. The maximum atomic E-state index is 5.68. The van der Waals surface area contributed by atoms with Gasteiger partial charge in [-0.05, 0) is 62.3 Å². The zero-order valence-corrected chi connectivity index (χ0v) is 14.0. The molecule has 2 aliphatic rings. The van der Waals surface area contributed by atoms with E-state index in [0.717, 1.165) is 29.6 Å². The molecule has 2 heterocycles. The molecule has 0 radical (unpaired) electrons. The van der Waals surface area contributed by atoms with E-state index >= 15 is 0 Å². The Morgan fingerprint density at radius 2 is 2.45 bits per heavy atom. The molecule has 0 unspecified atom stereocenters. The highest BCUT2D eigenvalue weighted by molar-refractivity contribution is 9.11. The number of terminal acetylenes is 1. The van der Waals surface area contributed by atoms with E-state index in [1.54, 1.807) is 0 Å². The molecule has 0 aromatic rings. The number of likely N-dealkylation sites (tertiary alicyclic amines) is 1. The van der Waals surface area contributed by atoms with Gasteiger partial charge in [-0.25, -0.2) is 0 Å². The summed E-state index contributed by atoms with van der Waals surface area (Å²) in [7, 11) is 2.23. The van der Waals surface area contributed by atoms with E-state index in [4.69, 9.17) is 6.42 Å². The van der Waals surface area contributed by atoms with Crippen molar-refractivity contribution in [3.05, 3.63) is 33.5 Å². The SMILES string of the molecule is C#CC1=C(/C=C(\C)Br)C(C[C@H]2CCCN2C)=CCCN1. The van der Waals surface area contributed by atoms with Gasteiger partial charge in [0.2, 0.25) is 0 Å². The zero-order chi connectivity index (χ0) is 14.5. The number of nitrogens with zero attached hydrogens (tertiary/aromatic N) is 1. The number of hydrogen-bond acceptors (Lipinski definition) is 2. The summed E-state index contributed by atoms with van der Waals surface area (Å²) in [5, 5.41) is 3.37. The van der Waals surface area contributed by atoms with Gasteiger partial charge in [-0.1, -0.05) is 27.9 Å². The average Bonchev–Trinajstić information content (AvgIpc) is 2.70. The fourth-order valence-electron chi connectivity index (χ4n) is 2.99. The lowest BCUT2D eigenvalue weighted by atomic mass is 9.95. The molecule has 1 atom stereocenters.